The summed E-state index contributed by atoms with van der Waals surface area (Å²) in [5, 5.41) is 3.07. The lowest BCUT2D eigenvalue weighted by Crippen LogP contribution is -2.52. The predicted octanol–water partition coefficient (Wildman–Crippen LogP) is 4.20. The summed E-state index contributed by atoms with van der Waals surface area (Å²) in [6.07, 6.45) is 1.37. The third-order valence-corrected chi connectivity index (χ3v) is 5.56. The summed E-state index contributed by atoms with van der Waals surface area (Å²) in [7, 11) is 0. The monoisotopic (exact) mass is 460 g/mol. The highest BCUT2D eigenvalue weighted by Gasteiger charge is 2.35. The summed E-state index contributed by atoms with van der Waals surface area (Å²) in [6.45, 7) is 2.27. The third kappa shape index (κ3) is 4.76. The van der Waals surface area contributed by atoms with Crippen molar-refractivity contribution in [3.63, 3.8) is 0 Å². The van der Waals surface area contributed by atoms with Crippen molar-refractivity contribution in [2.75, 3.05) is 11.9 Å². The normalized spacial score (nSPS) is 18.8. The molecule has 1 saturated heterocycles. The van der Waals surface area contributed by atoms with E-state index in [-0.39, 0.29) is 40.8 Å². The van der Waals surface area contributed by atoms with E-state index in [1.54, 1.807) is 11.0 Å². The molecule has 1 aliphatic heterocycles. The number of benzene rings is 1. The SMILES string of the molecule is CC1C(Nc2cnc(C(F)(F)F)cn2)CCCN1C(=O)c1cccc(F)c1-c1ncccn1. The number of halogens is 4. The third-order valence-electron chi connectivity index (χ3n) is 5.56. The van der Waals surface area contributed by atoms with E-state index in [4.69, 9.17) is 0 Å². The highest BCUT2D eigenvalue weighted by molar-refractivity contribution is 6.00. The molecule has 2 unspecified atom stereocenters. The Bertz CT molecular complexity index is 1120. The van der Waals surface area contributed by atoms with Crippen molar-refractivity contribution in [1.29, 1.82) is 0 Å². The second-order valence-electron chi connectivity index (χ2n) is 7.65. The highest BCUT2D eigenvalue weighted by atomic mass is 19.4. The molecule has 1 N–H and O–H groups in total. The van der Waals surface area contributed by atoms with Gasteiger partial charge in [-0.15, -0.1) is 0 Å². The van der Waals surface area contributed by atoms with Gasteiger partial charge < -0.3 is 10.2 Å². The van der Waals surface area contributed by atoms with Gasteiger partial charge in [0.15, 0.2) is 11.5 Å². The second kappa shape index (κ2) is 9.08. The average molecular weight is 460 g/mol. The molecule has 0 spiro atoms. The Morgan fingerprint density at radius 3 is 2.52 bits per heavy atom. The van der Waals surface area contributed by atoms with Crippen LogP contribution in [0.25, 0.3) is 11.4 Å². The molecule has 3 aromatic rings. The number of alkyl halides is 3. The quantitative estimate of drug-likeness (QED) is 0.588. The molecule has 1 amide bonds. The first-order chi connectivity index (χ1) is 15.8. The van der Waals surface area contributed by atoms with Crippen LogP contribution in [0.4, 0.5) is 23.4 Å². The van der Waals surface area contributed by atoms with Crippen LogP contribution in [0, 0.1) is 5.82 Å². The Morgan fingerprint density at radius 2 is 1.85 bits per heavy atom. The Kier molecular flexibility index (Phi) is 6.21. The van der Waals surface area contributed by atoms with Crippen LogP contribution < -0.4 is 5.32 Å². The number of hydrogen-bond donors (Lipinski definition) is 1. The van der Waals surface area contributed by atoms with Gasteiger partial charge in [0.1, 0.15) is 11.6 Å². The van der Waals surface area contributed by atoms with E-state index in [1.807, 2.05) is 6.92 Å². The minimum absolute atomic E-state index is 0.0268. The Hall–Kier alpha value is -3.63. The summed E-state index contributed by atoms with van der Waals surface area (Å²) in [5.74, 6) is -0.697. The maximum atomic E-state index is 14.7. The Morgan fingerprint density at radius 1 is 1.09 bits per heavy atom. The lowest BCUT2D eigenvalue weighted by molar-refractivity contribution is -0.141. The van der Waals surface area contributed by atoms with Crippen LogP contribution in [0.1, 0.15) is 35.8 Å². The molecule has 0 bridgehead atoms. The summed E-state index contributed by atoms with van der Waals surface area (Å²) < 4.78 is 52.9. The number of nitrogens with one attached hydrogen (secondary N) is 1. The number of likely N-dealkylation sites (tertiary alicyclic amines) is 1. The molecule has 0 radical (unpaired) electrons. The van der Waals surface area contributed by atoms with E-state index in [9.17, 15) is 22.4 Å². The van der Waals surface area contributed by atoms with Gasteiger partial charge in [-0.3, -0.25) is 4.79 Å². The number of piperidine rings is 1. The molecule has 172 valence electrons. The maximum absolute atomic E-state index is 14.7. The van der Waals surface area contributed by atoms with Crippen LogP contribution >= 0.6 is 0 Å². The topological polar surface area (TPSA) is 83.9 Å². The first-order valence-corrected chi connectivity index (χ1v) is 10.3. The van der Waals surface area contributed by atoms with Crippen molar-refractivity contribution in [1.82, 2.24) is 24.8 Å². The van der Waals surface area contributed by atoms with Gasteiger partial charge in [-0.1, -0.05) is 6.07 Å². The fraction of sp³-hybridized carbons (Fsp3) is 0.318. The number of amides is 1. The summed E-state index contributed by atoms with van der Waals surface area (Å²) >= 11 is 0. The van der Waals surface area contributed by atoms with Crippen molar-refractivity contribution in [2.45, 2.75) is 38.0 Å². The minimum atomic E-state index is -4.57. The van der Waals surface area contributed by atoms with Crippen LogP contribution in [-0.4, -0.2) is 49.4 Å². The first-order valence-electron chi connectivity index (χ1n) is 10.3. The molecule has 0 aliphatic carbocycles. The molecule has 11 heteroatoms. The number of rotatable bonds is 4. The van der Waals surface area contributed by atoms with Gasteiger partial charge in [0.25, 0.3) is 5.91 Å². The van der Waals surface area contributed by atoms with E-state index in [2.05, 4.69) is 25.3 Å². The molecule has 2 aromatic heterocycles. The number of aromatic nitrogens is 4. The van der Waals surface area contributed by atoms with Crippen LogP contribution in [0.3, 0.4) is 0 Å². The van der Waals surface area contributed by atoms with Crippen LogP contribution in [0.2, 0.25) is 0 Å². The van der Waals surface area contributed by atoms with Crippen molar-refractivity contribution >= 4 is 11.7 Å². The zero-order valence-corrected chi connectivity index (χ0v) is 17.6. The smallest absolute Gasteiger partial charge is 0.364 e. The van der Waals surface area contributed by atoms with Crippen LogP contribution in [-0.2, 0) is 6.18 Å². The molecule has 1 aliphatic rings. The molecular weight excluding hydrogens is 440 g/mol. The Balaban J connectivity index is 1.56. The predicted molar refractivity (Wildman–Crippen MR) is 112 cm³/mol. The number of nitrogens with zero attached hydrogens (tertiary/aromatic N) is 5. The first kappa shape index (κ1) is 22.6. The van der Waals surface area contributed by atoms with Gasteiger partial charge in [-0.2, -0.15) is 13.2 Å². The van der Waals surface area contributed by atoms with Gasteiger partial charge in [0.2, 0.25) is 0 Å². The summed E-state index contributed by atoms with van der Waals surface area (Å²) in [4.78, 5) is 30.4. The number of carbonyl (C=O) groups is 1. The van der Waals surface area contributed by atoms with Crippen molar-refractivity contribution < 1.29 is 22.4 Å². The Labute approximate surface area is 186 Å². The van der Waals surface area contributed by atoms with Crippen molar-refractivity contribution in [3.05, 3.63) is 66.1 Å². The molecule has 4 rings (SSSR count). The fourth-order valence-corrected chi connectivity index (χ4v) is 3.87. The minimum Gasteiger partial charge on any atom is -0.364 e. The zero-order chi connectivity index (χ0) is 23.6. The second-order valence-corrected chi connectivity index (χ2v) is 7.65. The van der Waals surface area contributed by atoms with Gasteiger partial charge in [-0.25, -0.2) is 24.3 Å². The molecule has 7 nitrogen and oxygen atoms in total. The van der Waals surface area contributed by atoms with E-state index < -0.39 is 17.7 Å². The number of hydrogen-bond acceptors (Lipinski definition) is 6. The van der Waals surface area contributed by atoms with E-state index in [0.29, 0.717) is 25.6 Å². The number of anilines is 1. The van der Waals surface area contributed by atoms with E-state index >= 15 is 0 Å². The maximum Gasteiger partial charge on any atom is 0.434 e. The fourth-order valence-electron chi connectivity index (χ4n) is 3.87. The summed E-state index contributed by atoms with van der Waals surface area (Å²) in [6, 6.07) is 5.20. The van der Waals surface area contributed by atoms with Gasteiger partial charge in [0.05, 0.1) is 23.5 Å². The van der Waals surface area contributed by atoms with Crippen molar-refractivity contribution in [3.8, 4) is 11.4 Å². The molecular formula is C22H20F4N6O. The van der Waals surface area contributed by atoms with Crippen LogP contribution in [0.15, 0.2) is 49.1 Å². The molecule has 1 aromatic carbocycles. The van der Waals surface area contributed by atoms with Gasteiger partial charge >= 0.3 is 6.18 Å². The molecule has 3 heterocycles. The zero-order valence-electron chi connectivity index (χ0n) is 17.6. The average Bonchev–Trinajstić information content (AvgIpc) is 2.80. The lowest BCUT2D eigenvalue weighted by Gasteiger charge is -2.40. The molecule has 2 atom stereocenters. The van der Waals surface area contributed by atoms with E-state index in [1.165, 1.54) is 30.6 Å². The largest absolute Gasteiger partial charge is 0.434 e. The molecule has 33 heavy (non-hydrogen) atoms. The lowest BCUT2D eigenvalue weighted by atomic mass is 9.95. The van der Waals surface area contributed by atoms with Crippen molar-refractivity contribution in [2.24, 2.45) is 0 Å². The molecule has 1 fully saturated rings. The van der Waals surface area contributed by atoms with Crippen LogP contribution in [0.5, 0.6) is 0 Å². The van der Waals surface area contributed by atoms with E-state index in [0.717, 1.165) is 6.20 Å². The standard InChI is InChI=1S/C22H20F4N6O/c1-13-16(31-18-12-29-17(11-30-18)22(24,25)26)7-3-10-32(13)21(33)14-5-2-6-15(23)19(14)20-27-8-4-9-28-20/h2,4-6,8-9,11-13,16H,3,7,10H2,1H3,(H,30,31). The molecule has 0 saturated carbocycles. The van der Waals surface area contributed by atoms with Gasteiger partial charge in [-0.05, 0) is 38.0 Å². The highest BCUT2D eigenvalue weighted by Crippen LogP contribution is 2.29. The number of carbonyl (C=O) groups excluding carboxylic acids is 1. The summed E-state index contributed by atoms with van der Waals surface area (Å²) in [5.41, 5.74) is -0.912. The van der Waals surface area contributed by atoms with Gasteiger partial charge in [0, 0.05) is 31.0 Å².